The third-order valence-electron chi connectivity index (χ3n) is 0. The van der Waals surface area contributed by atoms with Gasteiger partial charge in [0.15, 0.2) is 0 Å². The van der Waals surface area contributed by atoms with Crippen molar-refractivity contribution in [2.24, 2.45) is 0 Å². The summed E-state index contributed by atoms with van der Waals surface area (Å²) in [7, 11) is 0. The van der Waals surface area contributed by atoms with Gasteiger partial charge in [-0.3, -0.25) is 0 Å². The van der Waals surface area contributed by atoms with E-state index in [9.17, 15) is 0 Å². The van der Waals surface area contributed by atoms with E-state index < -0.39 is 39.5 Å². The summed E-state index contributed by atoms with van der Waals surface area (Å²) in [4.78, 5) is 14.2. The third-order valence-corrected chi connectivity index (χ3v) is 0. The molecule has 0 aliphatic heterocycles. The molecule has 0 radical (unpaired) electrons. The Kier molecular flexibility index (Phi) is 28.0. The molecular weight excluding hydrogens is 350 g/mol. The summed E-state index contributed by atoms with van der Waals surface area (Å²) in [6, 6.07) is 0.750. The quantitative estimate of drug-likeness (QED) is 0.467. The molecular formula is C7H18N2Sn2. The molecule has 0 saturated carbocycles. The predicted molar refractivity (Wildman–Crippen MR) is 58.4 cm³/mol. The van der Waals surface area contributed by atoms with Crippen molar-refractivity contribution in [2.45, 2.75) is 29.6 Å². The van der Waals surface area contributed by atoms with Gasteiger partial charge in [-0.25, -0.2) is 0 Å². The maximum atomic E-state index is 6.88. The molecule has 0 atom stereocenters. The van der Waals surface area contributed by atoms with Crippen LogP contribution in [0.25, 0.3) is 10.8 Å². The molecule has 0 aromatic carbocycles. The van der Waals surface area contributed by atoms with Crippen LogP contribution in [-0.2, 0) is 0 Å². The second-order valence-corrected chi connectivity index (χ2v) is 20.2. The molecule has 0 aromatic heterocycles. The number of hydrogen-bond donors (Lipinski definition) is 0. The maximum Gasteiger partial charge on any atom is -0.428 e. The van der Waals surface area contributed by atoms with E-state index in [-0.39, 0.29) is 0 Å². The fourth-order valence-corrected chi connectivity index (χ4v) is 0. The zero-order valence-electron chi connectivity index (χ0n) is 8.39. The van der Waals surface area contributed by atoms with Gasteiger partial charge in [-0.1, -0.05) is 0 Å². The molecule has 2 nitrogen and oxygen atoms in total. The van der Waals surface area contributed by atoms with E-state index in [0.29, 0.717) is 0 Å². The SMILES string of the molecule is [CH3][Sn+]([CH3])[CH3].[CH3][Sn+]([CH3])[CH3].[N-]=C=[N-]. The average molecular weight is 368 g/mol. The van der Waals surface area contributed by atoms with Crippen LogP contribution in [-0.4, -0.2) is 45.5 Å². The largest absolute Gasteiger partial charge is 0.786 e. The molecule has 0 saturated heterocycles. The first-order chi connectivity index (χ1) is 4.88. The van der Waals surface area contributed by atoms with Crippen LogP contribution in [0.1, 0.15) is 0 Å². The topological polar surface area (TPSA) is 44.6 Å². The van der Waals surface area contributed by atoms with Crippen molar-refractivity contribution in [3.63, 3.8) is 0 Å². The van der Waals surface area contributed by atoms with E-state index >= 15 is 0 Å². The molecule has 0 spiro atoms. The van der Waals surface area contributed by atoms with E-state index in [1.807, 2.05) is 0 Å². The van der Waals surface area contributed by atoms with Crippen molar-refractivity contribution in [1.82, 2.24) is 0 Å². The van der Waals surface area contributed by atoms with Crippen LogP contribution in [0.5, 0.6) is 0 Å². The molecule has 0 aromatic rings. The summed E-state index contributed by atoms with van der Waals surface area (Å²) in [5.41, 5.74) is 0. The van der Waals surface area contributed by atoms with E-state index in [1.54, 1.807) is 0 Å². The molecule has 0 rings (SSSR count). The van der Waals surface area contributed by atoms with E-state index in [0.717, 1.165) is 6.01 Å². The van der Waals surface area contributed by atoms with Crippen LogP contribution in [0.15, 0.2) is 0 Å². The smallest absolute Gasteiger partial charge is 0.428 e. The Morgan fingerprint density at radius 3 is 0.727 bits per heavy atom. The van der Waals surface area contributed by atoms with Crippen LogP contribution in [0.3, 0.4) is 0 Å². The molecule has 0 heterocycles. The summed E-state index contributed by atoms with van der Waals surface area (Å²) in [5.74, 6) is 0. The van der Waals surface area contributed by atoms with Gasteiger partial charge in [-0.05, 0) is 0 Å². The monoisotopic (exact) mass is 370 g/mol. The Labute approximate surface area is 85.3 Å². The Morgan fingerprint density at radius 2 is 0.727 bits per heavy atom. The van der Waals surface area contributed by atoms with Crippen LogP contribution < -0.4 is 0 Å². The molecule has 0 fully saturated rings. The Morgan fingerprint density at radius 1 is 0.727 bits per heavy atom. The van der Waals surface area contributed by atoms with Crippen molar-refractivity contribution in [3.05, 3.63) is 10.8 Å². The minimum absolute atomic E-state index is 0.543. The second-order valence-electron chi connectivity index (χ2n) is 3.10. The van der Waals surface area contributed by atoms with E-state index in [2.05, 4.69) is 29.6 Å². The molecule has 0 N–H and O–H groups in total. The predicted octanol–water partition coefficient (Wildman–Crippen LogP) is 3.04. The van der Waals surface area contributed by atoms with Gasteiger partial charge >= 0.3 is 69.2 Å². The van der Waals surface area contributed by atoms with E-state index in [4.69, 9.17) is 10.8 Å². The summed E-state index contributed by atoms with van der Waals surface area (Å²) in [6.45, 7) is 0. The van der Waals surface area contributed by atoms with E-state index in [1.165, 1.54) is 0 Å². The number of hydrogen-bond acceptors (Lipinski definition) is 0. The van der Waals surface area contributed by atoms with Gasteiger partial charge in [-0.2, -0.15) is 0 Å². The van der Waals surface area contributed by atoms with Crippen molar-refractivity contribution in [2.75, 3.05) is 0 Å². The van der Waals surface area contributed by atoms with Crippen LogP contribution in [0.2, 0.25) is 29.6 Å². The Balaban J connectivity index is -0.0000000886. The van der Waals surface area contributed by atoms with Gasteiger partial charge in [-0.15, -0.1) is 0 Å². The molecule has 64 valence electrons. The average Bonchev–Trinajstić information content (AvgIpc) is 1.60. The maximum absolute atomic E-state index is 6.88. The normalized spacial score (nSPS) is 5.64. The number of rotatable bonds is 0. The van der Waals surface area contributed by atoms with Gasteiger partial charge in [0.05, 0.1) is 0 Å². The molecule has 0 amide bonds. The number of nitrogens with zero attached hydrogens (tertiary/aromatic N) is 2. The summed E-state index contributed by atoms with van der Waals surface area (Å²) >= 11 is -1.09. The van der Waals surface area contributed by atoms with Crippen molar-refractivity contribution >= 4 is 45.5 Å². The van der Waals surface area contributed by atoms with Crippen LogP contribution >= 0.6 is 0 Å². The third kappa shape index (κ3) is 926. The van der Waals surface area contributed by atoms with Gasteiger partial charge in [0.2, 0.25) is 0 Å². The fourth-order valence-electron chi connectivity index (χ4n) is 0. The van der Waals surface area contributed by atoms with Crippen molar-refractivity contribution in [1.29, 1.82) is 0 Å². The molecule has 0 aliphatic rings. The summed E-state index contributed by atoms with van der Waals surface area (Å²) < 4.78 is 0. The first-order valence-electron chi connectivity index (χ1n) is 3.45. The first kappa shape index (κ1) is 17.9. The van der Waals surface area contributed by atoms with Gasteiger partial charge < -0.3 is 16.8 Å². The molecule has 0 aliphatic carbocycles. The molecule has 11 heavy (non-hydrogen) atoms. The van der Waals surface area contributed by atoms with Gasteiger partial charge in [0.25, 0.3) is 0 Å². The van der Waals surface area contributed by atoms with Gasteiger partial charge in [0.1, 0.15) is 0 Å². The first-order valence-corrected chi connectivity index (χ1v) is 20.6. The second kappa shape index (κ2) is 17.2. The standard InChI is InChI=1S/CN2.6CH3.2Sn/c2-1-3;;;;;;;;/h;6*1H3;;/q-2;;;;;;;2*+1. The zero-order valence-corrected chi connectivity index (χ0v) is 14.1. The molecule has 0 bridgehead atoms. The fraction of sp³-hybridized carbons (Fsp3) is 0.857. The van der Waals surface area contributed by atoms with Gasteiger partial charge in [0, 0.05) is 0 Å². The minimum atomic E-state index is -0.543. The summed E-state index contributed by atoms with van der Waals surface area (Å²) in [6.07, 6.45) is 0. The van der Waals surface area contributed by atoms with Crippen molar-refractivity contribution < 1.29 is 0 Å². The van der Waals surface area contributed by atoms with Crippen LogP contribution in [0, 0.1) is 0 Å². The minimum Gasteiger partial charge on any atom is -0.786 e. The van der Waals surface area contributed by atoms with Crippen LogP contribution in [0.4, 0.5) is 0 Å². The molecule has 0 unspecified atom stereocenters. The zero-order chi connectivity index (χ0) is 9.86. The van der Waals surface area contributed by atoms with Crippen molar-refractivity contribution in [3.8, 4) is 0 Å². The Bertz CT molecular complexity index is 74.9. The Hall–Kier alpha value is 0.977. The summed E-state index contributed by atoms with van der Waals surface area (Å²) in [5, 5.41) is 13.8. The molecule has 4 heteroatoms.